The summed E-state index contributed by atoms with van der Waals surface area (Å²) in [5.74, 6) is 0.844. The van der Waals surface area contributed by atoms with Crippen LogP contribution in [0.4, 0.5) is 8.78 Å². The standard InChI is InChI=1S/C16H17F2NO2/c1-10-9-11(7-8-13(10)20-2)15(19)12-5-3-4-6-14(12)21-16(17)18/h3-9,15-16H,19H2,1-2H3. The van der Waals surface area contributed by atoms with Gasteiger partial charge in [-0.15, -0.1) is 0 Å². The first kappa shape index (κ1) is 15.3. The molecule has 2 rings (SSSR count). The van der Waals surface area contributed by atoms with Gasteiger partial charge in [0.15, 0.2) is 0 Å². The van der Waals surface area contributed by atoms with Gasteiger partial charge in [-0.3, -0.25) is 0 Å². The van der Waals surface area contributed by atoms with E-state index in [1.807, 2.05) is 19.1 Å². The van der Waals surface area contributed by atoms with Gasteiger partial charge in [0, 0.05) is 5.56 Å². The molecule has 0 heterocycles. The molecule has 0 radical (unpaired) electrons. The summed E-state index contributed by atoms with van der Waals surface area (Å²) in [6.07, 6.45) is 0. The molecule has 0 amide bonds. The topological polar surface area (TPSA) is 44.5 Å². The largest absolute Gasteiger partial charge is 0.496 e. The molecule has 2 aromatic rings. The van der Waals surface area contributed by atoms with Crippen LogP contribution in [-0.4, -0.2) is 13.7 Å². The lowest BCUT2D eigenvalue weighted by Gasteiger charge is -2.18. The van der Waals surface area contributed by atoms with Crippen molar-refractivity contribution in [3.8, 4) is 11.5 Å². The van der Waals surface area contributed by atoms with E-state index in [0.717, 1.165) is 16.9 Å². The number of halogens is 2. The van der Waals surface area contributed by atoms with Crippen molar-refractivity contribution in [2.45, 2.75) is 19.6 Å². The minimum atomic E-state index is -2.88. The first-order valence-electron chi connectivity index (χ1n) is 6.46. The third-order valence-electron chi connectivity index (χ3n) is 3.25. The predicted octanol–water partition coefficient (Wildman–Crippen LogP) is 3.65. The Hall–Kier alpha value is -2.14. The molecule has 1 atom stereocenters. The molecule has 0 saturated carbocycles. The average Bonchev–Trinajstić information content (AvgIpc) is 2.46. The van der Waals surface area contributed by atoms with Crippen LogP contribution in [0.2, 0.25) is 0 Å². The minimum absolute atomic E-state index is 0.0912. The predicted molar refractivity (Wildman–Crippen MR) is 76.8 cm³/mol. The van der Waals surface area contributed by atoms with Gasteiger partial charge < -0.3 is 15.2 Å². The SMILES string of the molecule is COc1ccc(C(N)c2ccccc2OC(F)F)cc1C. The van der Waals surface area contributed by atoms with E-state index in [9.17, 15) is 8.78 Å². The Bertz CT molecular complexity index is 617. The highest BCUT2D eigenvalue weighted by atomic mass is 19.3. The summed E-state index contributed by atoms with van der Waals surface area (Å²) in [6.45, 7) is -0.979. The van der Waals surface area contributed by atoms with Gasteiger partial charge in [0.25, 0.3) is 0 Å². The Balaban J connectivity index is 2.35. The van der Waals surface area contributed by atoms with Crippen molar-refractivity contribution in [1.82, 2.24) is 0 Å². The van der Waals surface area contributed by atoms with Crippen LogP contribution in [0.3, 0.4) is 0 Å². The Morgan fingerprint density at radius 1 is 1.05 bits per heavy atom. The van der Waals surface area contributed by atoms with E-state index < -0.39 is 12.7 Å². The van der Waals surface area contributed by atoms with Crippen LogP contribution in [0, 0.1) is 6.92 Å². The van der Waals surface area contributed by atoms with Crippen molar-refractivity contribution >= 4 is 0 Å². The lowest BCUT2D eigenvalue weighted by molar-refractivity contribution is -0.0505. The van der Waals surface area contributed by atoms with Crippen molar-refractivity contribution < 1.29 is 18.3 Å². The van der Waals surface area contributed by atoms with Gasteiger partial charge in [0.2, 0.25) is 0 Å². The summed E-state index contributed by atoms with van der Waals surface area (Å²) in [5.41, 5.74) is 8.44. The summed E-state index contributed by atoms with van der Waals surface area (Å²) in [5, 5.41) is 0. The summed E-state index contributed by atoms with van der Waals surface area (Å²) in [7, 11) is 1.59. The van der Waals surface area contributed by atoms with Crippen LogP contribution >= 0.6 is 0 Å². The molecule has 0 saturated heterocycles. The zero-order chi connectivity index (χ0) is 15.4. The molecule has 21 heavy (non-hydrogen) atoms. The summed E-state index contributed by atoms with van der Waals surface area (Å²) in [6, 6.07) is 11.5. The first-order valence-corrected chi connectivity index (χ1v) is 6.46. The number of hydrogen-bond acceptors (Lipinski definition) is 3. The van der Waals surface area contributed by atoms with Crippen LogP contribution in [-0.2, 0) is 0 Å². The Labute approximate surface area is 122 Å². The Morgan fingerprint density at radius 3 is 2.38 bits per heavy atom. The lowest BCUT2D eigenvalue weighted by Crippen LogP contribution is -2.15. The summed E-state index contributed by atoms with van der Waals surface area (Å²) >= 11 is 0. The van der Waals surface area contributed by atoms with Gasteiger partial charge in [0.1, 0.15) is 11.5 Å². The van der Waals surface area contributed by atoms with E-state index in [1.54, 1.807) is 31.4 Å². The summed E-state index contributed by atoms with van der Waals surface area (Å²) < 4.78 is 34.6. The number of para-hydroxylation sites is 1. The van der Waals surface area contributed by atoms with Crippen molar-refractivity contribution in [2.24, 2.45) is 5.73 Å². The molecule has 0 aliphatic rings. The van der Waals surface area contributed by atoms with Gasteiger partial charge in [-0.2, -0.15) is 8.78 Å². The highest BCUT2D eigenvalue weighted by Crippen LogP contribution is 2.31. The van der Waals surface area contributed by atoms with Crippen LogP contribution in [0.15, 0.2) is 42.5 Å². The maximum atomic E-state index is 12.4. The van der Waals surface area contributed by atoms with Crippen molar-refractivity contribution in [3.63, 3.8) is 0 Å². The molecule has 3 nitrogen and oxygen atoms in total. The van der Waals surface area contributed by atoms with Gasteiger partial charge in [-0.1, -0.05) is 30.3 Å². The minimum Gasteiger partial charge on any atom is -0.496 e. The third-order valence-corrected chi connectivity index (χ3v) is 3.25. The van der Waals surface area contributed by atoms with Gasteiger partial charge in [-0.05, 0) is 30.2 Å². The fraction of sp³-hybridized carbons (Fsp3) is 0.250. The zero-order valence-electron chi connectivity index (χ0n) is 11.8. The molecule has 0 spiro atoms. The van der Waals surface area contributed by atoms with E-state index >= 15 is 0 Å². The highest BCUT2D eigenvalue weighted by Gasteiger charge is 2.17. The second-order valence-corrected chi connectivity index (χ2v) is 4.62. The van der Waals surface area contributed by atoms with E-state index in [0.29, 0.717) is 5.56 Å². The first-order chi connectivity index (χ1) is 10.0. The average molecular weight is 293 g/mol. The van der Waals surface area contributed by atoms with E-state index in [2.05, 4.69) is 4.74 Å². The van der Waals surface area contributed by atoms with Crippen molar-refractivity contribution in [3.05, 3.63) is 59.2 Å². The maximum Gasteiger partial charge on any atom is 0.387 e. The molecule has 112 valence electrons. The van der Waals surface area contributed by atoms with Crippen LogP contribution in [0.25, 0.3) is 0 Å². The fourth-order valence-corrected chi connectivity index (χ4v) is 2.22. The van der Waals surface area contributed by atoms with Crippen LogP contribution in [0.5, 0.6) is 11.5 Å². The van der Waals surface area contributed by atoms with Crippen LogP contribution in [0.1, 0.15) is 22.7 Å². The Morgan fingerprint density at radius 2 is 1.76 bits per heavy atom. The number of benzene rings is 2. The third kappa shape index (κ3) is 3.49. The van der Waals surface area contributed by atoms with E-state index in [1.165, 1.54) is 6.07 Å². The lowest BCUT2D eigenvalue weighted by atomic mass is 9.97. The molecular weight excluding hydrogens is 276 g/mol. The fourth-order valence-electron chi connectivity index (χ4n) is 2.22. The van der Waals surface area contributed by atoms with Gasteiger partial charge >= 0.3 is 6.61 Å². The van der Waals surface area contributed by atoms with E-state index in [-0.39, 0.29) is 5.75 Å². The zero-order valence-corrected chi connectivity index (χ0v) is 11.8. The molecule has 0 aromatic heterocycles. The number of rotatable bonds is 5. The number of methoxy groups -OCH3 is 1. The molecule has 2 N–H and O–H groups in total. The molecule has 2 aromatic carbocycles. The highest BCUT2D eigenvalue weighted by molar-refractivity contribution is 5.44. The molecule has 5 heteroatoms. The number of nitrogens with two attached hydrogens (primary N) is 1. The number of hydrogen-bond donors (Lipinski definition) is 1. The normalized spacial score (nSPS) is 12.3. The molecular formula is C16H17F2NO2. The van der Waals surface area contributed by atoms with Gasteiger partial charge in [-0.25, -0.2) is 0 Å². The quantitative estimate of drug-likeness (QED) is 0.915. The molecule has 0 aliphatic heterocycles. The number of aryl methyl sites for hydroxylation is 1. The molecule has 0 fully saturated rings. The second kappa shape index (κ2) is 6.54. The molecule has 0 bridgehead atoms. The van der Waals surface area contributed by atoms with Crippen molar-refractivity contribution in [2.75, 3.05) is 7.11 Å². The molecule has 1 unspecified atom stereocenters. The Kier molecular flexibility index (Phi) is 4.75. The summed E-state index contributed by atoms with van der Waals surface area (Å²) in [4.78, 5) is 0. The molecule has 0 aliphatic carbocycles. The van der Waals surface area contributed by atoms with Gasteiger partial charge in [0.05, 0.1) is 13.2 Å². The monoisotopic (exact) mass is 293 g/mol. The smallest absolute Gasteiger partial charge is 0.387 e. The number of alkyl halides is 2. The van der Waals surface area contributed by atoms with Crippen molar-refractivity contribution in [1.29, 1.82) is 0 Å². The number of ether oxygens (including phenoxy) is 2. The van der Waals surface area contributed by atoms with E-state index in [4.69, 9.17) is 10.5 Å². The second-order valence-electron chi connectivity index (χ2n) is 4.62. The van der Waals surface area contributed by atoms with Crippen LogP contribution < -0.4 is 15.2 Å². The maximum absolute atomic E-state index is 12.4.